The van der Waals surface area contributed by atoms with Crippen molar-refractivity contribution in [2.45, 2.75) is 11.4 Å². The molecule has 1 N–H and O–H groups in total. The normalized spacial score (nSPS) is 27.4. The third-order valence-corrected chi connectivity index (χ3v) is 3.49. The first-order valence-corrected chi connectivity index (χ1v) is 5.50. The lowest BCUT2D eigenvalue weighted by Gasteiger charge is -2.10. The van der Waals surface area contributed by atoms with E-state index in [-0.39, 0.29) is 0 Å². The Hall–Kier alpha value is -0.730. The van der Waals surface area contributed by atoms with Gasteiger partial charge in [0, 0.05) is 11.8 Å². The van der Waals surface area contributed by atoms with Gasteiger partial charge in [0.25, 0.3) is 0 Å². The number of thioether (sulfide) groups is 1. The van der Waals surface area contributed by atoms with Gasteiger partial charge >= 0.3 is 0 Å². The molecule has 2 heteroatoms. The van der Waals surface area contributed by atoms with Gasteiger partial charge in [-0.1, -0.05) is 36.4 Å². The summed E-state index contributed by atoms with van der Waals surface area (Å²) in [5.41, 5.74) is 1.36. The van der Waals surface area contributed by atoms with Crippen molar-refractivity contribution in [2.24, 2.45) is 0 Å². The highest BCUT2D eigenvalue weighted by Gasteiger charge is 2.22. The highest BCUT2D eigenvalue weighted by atomic mass is 32.2. The molecule has 1 saturated heterocycles. The van der Waals surface area contributed by atoms with Gasteiger partial charge in [-0.2, -0.15) is 0 Å². The Balaban J connectivity index is 2.08. The van der Waals surface area contributed by atoms with Gasteiger partial charge < -0.3 is 0 Å². The molecule has 13 heavy (non-hydrogen) atoms. The van der Waals surface area contributed by atoms with Crippen LogP contribution in [0.4, 0.5) is 0 Å². The topological polar surface area (TPSA) is 12.0 Å². The van der Waals surface area contributed by atoms with Crippen molar-refractivity contribution < 1.29 is 0 Å². The van der Waals surface area contributed by atoms with E-state index in [1.165, 1.54) is 5.56 Å². The zero-order valence-electron chi connectivity index (χ0n) is 7.44. The van der Waals surface area contributed by atoms with Gasteiger partial charge in [-0.3, -0.25) is 5.32 Å². The van der Waals surface area contributed by atoms with E-state index in [0.29, 0.717) is 11.4 Å². The zero-order valence-corrected chi connectivity index (χ0v) is 8.26. The molecule has 1 fully saturated rings. The van der Waals surface area contributed by atoms with Crippen molar-refractivity contribution in [2.75, 3.05) is 5.75 Å². The Kier molecular flexibility index (Phi) is 2.71. The minimum atomic E-state index is 0.448. The first kappa shape index (κ1) is 8.85. The fourth-order valence-corrected chi connectivity index (χ4v) is 2.70. The van der Waals surface area contributed by atoms with Crippen LogP contribution in [0.3, 0.4) is 0 Å². The summed E-state index contributed by atoms with van der Waals surface area (Å²) in [6.45, 7) is 3.79. The summed E-state index contributed by atoms with van der Waals surface area (Å²) < 4.78 is 0. The monoisotopic (exact) mass is 191 g/mol. The van der Waals surface area contributed by atoms with Crippen molar-refractivity contribution in [3.63, 3.8) is 0 Å². The molecule has 0 saturated carbocycles. The first-order valence-electron chi connectivity index (χ1n) is 4.45. The van der Waals surface area contributed by atoms with E-state index in [1.54, 1.807) is 0 Å². The second-order valence-electron chi connectivity index (χ2n) is 3.13. The Morgan fingerprint density at radius 3 is 2.77 bits per heavy atom. The van der Waals surface area contributed by atoms with E-state index in [1.807, 2.05) is 23.9 Å². The van der Waals surface area contributed by atoms with Crippen LogP contribution in [0.1, 0.15) is 10.9 Å². The summed E-state index contributed by atoms with van der Waals surface area (Å²) in [4.78, 5) is 0. The van der Waals surface area contributed by atoms with Gasteiger partial charge in [0.2, 0.25) is 0 Å². The highest BCUT2D eigenvalue weighted by molar-refractivity contribution is 7.99. The van der Waals surface area contributed by atoms with Crippen LogP contribution in [0.15, 0.2) is 43.0 Å². The third kappa shape index (κ3) is 1.95. The van der Waals surface area contributed by atoms with Gasteiger partial charge in [0.15, 0.2) is 0 Å². The molecule has 0 spiro atoms. The molecule has 0 bridgehead atoms. The van der Waals surface area contributed by atoms with Crippen LogP contribution in [0.25, 0.3) is 0 Å². The minimum absolute atomic E-state index is 0.448. The number of hydrogen-bond acceptors (Lipinski definition) is 2. The number of rotatable bonds is 2. The Morgan fingerprint density at radius 1 is 1.38 bits per heavy atom. The molecule has 2 atom stereocenters. The van der Waals surface area contributed by atoms with E-state index in [9.17, 15) is 0 Å². The number of nitrogens with one attached hydrogen (secondary N) is 1. The second kappa shape index (κ2) is 3.99. The highest BCUT2D eigenvalue weighted by Crippen LogP contribution is 2.32. The summed E-state index contributed by atoms with van der Waals surface area (Å²) >= 11 is 1.95. The van der Waals surface area contributed by atoms with Crippen molar-refractivity contribution in [1.29, 1.82) is 0 Å². The first-order chi connectivity index (χ1) is 6.40. The van der Waals surface area contributed by atoms with Crippen molar-refractivity contribution in [3.8, 4) is 0 Å². The molecule has 1 heterocycles. The van der Waals surface area contributed by atoms with E-state index >= 15 is 0 Å². The lowest BCUT2D eigenvalue weighted by molar-refractivity contribution is 0.663. The largest absolute Gasteiger partial charge is 0.294 e. The quantitative estimate of drug-likeness (QED) is 0.721. The van der Waals surface area contributed by atoms with Crippen LogP contribution in [0, 0.1) is 0 Å². The van der Waals surface area contributed by atoms with Gasteiger partial charge in [0.1, 0.15) is 0 Å². The SMILES string of the molecule is C=CC1CSC(c2ccccc2)N1. The molecule has 1 aliphatic rings. The smallest absolute Gasteiger partial charge is 0.0794 e. The predicted octanol–water partition coefficient (Wildman–Crippen LogP) is 2.58. The van der Waals surface area contributed by atoms with Crippen LogP contribution in [0.5, 0.6) is 0 Å². The third-order valence-electron chi connectivity index (χ3n) is 2.19. The van der Waals surface area contributed by atoms with Crippen LogP contribution in [0.2, 0.25) is 0 Å². The van der Waals surface area contributed by atoms with Crippen molar-refractivity contribution >= 4 is 11.8 Å². The maximum Gasteiger partial charge on any atom is 0.0794 e. The molecular weight excluding hydrogens is 178 g/mol. The molecular formula is C11H13NS. The maximum absolute atomic E-state index is 3.79. The van der Waals surface area contributed by atoms with Crippen LogP contribution < -0.4 is 5.32 Å². The average molecular weight is 191 g/mol. The minimum Gasteiger partial charge on any atom is -0.294 e. The summed E-state index contributed by atoms with van der Waals surface area (Å²) in [5.74, 6) is 1.13. The van der Waals surface area contributed by atoms with Crippen molar-refractivity contribution in [1.82, 2.24) is 5.32 Å². The number of hydrogen-bond donors (Lipinski definition) is 1. The Bertz CT molecular complexity index is 283. The molecule has 1 aliphatic heterocycles. The second-order valence-corrected chi connectivity index (χ2v) is 4.27. The molecule has 2 rings (SSSR count). The van der Waals surface area contributed by atoms with E-state index in [4.69, 9.17) is 0 Å². The molecule has 2 unspecified atom stereocenters. The standard InChI is InChI=1S/C11H13NS/c1-2-10-8-13-11(12-10)9-6-4-3-5-7-9/h2-7,10-12H,1,8H2. The van der Waals surface area contributed by atoms with Crippen LogP contribution >= 0.6 is 11.8 Å². The lowest BCUT2D eigenvalue weighted by atomic mass is 10.2. The average Bonchev–Trinajstić information content (AvgIpc) is 2.67. The predicted molar refractivity (Wildman–Crippen MR) is 58.8 cm³/mol. The molecule has 0 radical (unpaired) electrons. The lowest BCUT2D eigenvalue weighted by Crippen LogP contribution is -2.22. The van der Waals surface area contributed by atoms with Gasteiger partial charge in [-0.25, -0.2) is 0 Å². The summed E-state index contributed by atoms with van der Waals surface area (Å²) in [6.07, 6.45) is 1.98. The van der Waals surface area contributed by atoms with E-state index < -0.39 is 0 Å². The van der Waals surface area contributed by atoms with Gasteiger partial charge in [0.05, 0.1) is 5.37 Å². The summed E-state index contributed by atoms with van der Waals surface area (Å²) in [7, 11) is 0. The molecule has 0 aromatic heterocycles. The van der Waals surface area contributed by atoms with Gasteiger partial charge in [-0.05, 0) is 5.56 Å². The fraction of sp³-hybridized carbons (Fsp3) is 0.273. The van der Waals surface area contributed by atoms with Gasteiger partial charge in [-0.15, -0.1) is 18.3 Å². The van der Waals surface area contributed by atoms with Crippen molar-refractivity contribution in [3.05, 3.63) is 48.6 Å². The molecule has 1 nitrogen and oxygen atoms in total. The number of benzene rings is 1. The van der Waals surface area contributed by atoms with E-state index in [0.717, 1.165) is 5.75 Å². The fourth-order valence-electron chi connectivity index (χ4n) is 1.45. The molecule has 1 aromatic rings. The van der Waals surface area contributed by atoms with Crippen LogP contribution in [-0.2, 0) is 0 Å². The Labute approximate surface area is 83.2 Å². The molecule has 0 aliphatic carbocycles. The Morgan fingerprint density at radius 2 is 2.15 bits per heavy atom. The maximum atomic E-state index is 3.79. The summed E-state index contributed by atoms with van der Waals surface area (Å²) in [6, 6.07) is 11.0. The van der Waals surface area contributed by atoms with Crippen LogP contribution in [-0.4, -0.2) is 11.8 Å². The molecule has 0 amide bonds. The molecule has 1 aromatic carbocycles. The summed E-state index contributed by atoms with van der Waals surface area (Å²) in [5, 5.41) is 3.95. The van der Waals surface area contributed by atoms with E-state index in [2.05, 4.69) is 36.2 Å². The zero-order chi connectivity index (χ0) is 9.10. The molecule has 68 valence electrons.